The Bertz CT molecular complexity index is 692. The van der Waals surface area contributed by atoms with Gasteiger partial charge in [-0.3, -0.25) is 4.98 Å². The van der Waals surface area contributed by atoms with Gasteiger partial charge in [-0.15, -0.1) is 0 Å². The molecule has 0 aliphatic rings. The molecule has 0 amide bonds. The summed E-state index contributed by atoms with van der Waals surface area (Å²) < 4.78 is 10.4. The van der Waals surface area contributed by atoms with Gasteiger partial charge in [0.2, 0.25) is 0 Å². The zero-order chi connectivity index (χ0) is 17.2. The van der Waals surface area contributed by atoms with Gasteiger partial charge in [-0.1, -0.05) is 17.8 Å². The summed E-state index contributed by atoms with van der Waals surface area (Å²) >= 11 is 1.39. The van der Waals surface area contributed by atoms with Crippen molar-refractivity contribution in [3.63, 3.8) is 0 Å². The molecular formula is C17H19N3O3S. The Morgan fingerprint density at radius 1 is 1.08 bits per heavy atom. The van der Waals surface area contributed by atoms with Crippen LogP contribution in [0.3, 0.4) is 0 Å². The monoisotopic (exact) mass is 345 g/mol. The number of carbonyl (C=O) groups is 1. The van der Waals surface area contributed by atoms with E-state index in [2.05, 4.69) is 15.0 Å². The van der Waals surface area contributed by atoms with Crippen molar-refractivity contribution in [2.75, 3.05) is 19.0 Å². The van der Waals surface area contributed by atoms with Crippen LogP contribution in [0.1, 0.15) is 13.8 Å². The van der Waals surface area contributed by atoms with Gasteiger partial charge in [0.25, 0.3) is 0 Å². The zero-order valence-corrected chi connectivity index (χ0v) is 14.5. The van der Waals surface area contributed by atoms with Gasteiger partial charge in [-0.25, -0.2) is 14.8 Å². The van der Waals surface area contributed by atoms with Gasteiger partial charge < -0.3 is 9.47 Å². The van der Waals surface area contributed by atoms with Crippen LogP contribution in [0, 0.1) is 0 Å². The van der Waals surface area contributed by atoms with Crippen LogP contribution in [-0.2, 0) is 14.3 Å². The molecule has 0 aliphatic heterocycles. The average Bonchev–Trinajstić information content (AvgIpc) is 2.61. The lowest BCUT2D eigenvalue weighted by Gasteiger charge is -2.08. The van der Waals surface area contributed by atoms with Crippen molar-refractivity contribution in [2.24, 2.45) is 0 Å². The first-order valence-corrected chi connectivity index (χ1v) is 8.58. The highest BCUT2D eigenvalue weighted by Crippen LogP contribution is 2.20. The summed E-state index contributed by atoms with van der Waals surface area (Å²) in [6.45, 7) is 4.43. The quantitative estimate of drug-likeness (QED) is 0.239. The van der Waals surface area contributed by atoms with Crippen LogP contribution in [0.5, 0.6) is 0 Å². The predicted octanol–water partition coefficient (Wildman–Crippen LogP) is 3.11. The summed E-state index contributed by atoms with van der Waals surface area (Å²) in [4.78, 5) is 24.5. The number of pyridine rings is 1. The summed E-state index contributed by atoms with van der Waals surface area (Å²) in [6, 6.07) is 7.47. The smallest absolute Gasteiger partial charge is 0.334 e. The number of rotatable bonds is 8. The van der Waals surface area contributed by atoms with Crippen LogP contribution in [0.4, 0.5) is 0 Å². The van der Waals surface area contributed by atoms with E-state index in [9.17, 15) is 4.79 Å². The van der Waals surface area contributed by atoms with Gasteiger partial charge >= 0.3 is 5.97 Å². The van der Waals surface area contributed by atoms with Crippen molar-refractivity contribution in [3.05, 3.63) is 48.5 Å². The average molecular weight is 345 g/mol. The van der Waals surface area contributed by atoms with Crippen LogP contribution < -0.4 is 0 Å². The molecule has 2 aromatic heterocycles. The lowest BCUT2D eigenvalue weighted by molar-refractivity contribution is -0.137. The second-order valence-corrected chi connectivity index (χ2v) is 5.47. The summed E-state index contributed by atoms with van der Waals surface area (Å²) in [5.74, 6) is 0.565. The Morgan fingerprint density at radius 2 is 1.92 bits per heavy atom. The maximum absolute atomic E-state index is 11.6. The largest absolute Gasteiger partial charge is 0.497 e. The van der Waals surface area contributed by atoms with E-state index in [1.807, 2.05) is 31.2 Å². The van der Waals surface area contributed by atoms with Crippen molar-refractivity contribution in [1.82, 2.24) is 15.0 Å². The maximum Gasteiger partial charge on any atom is 0.334 e. The van der Waals surface area contributed by atoms with Gasteiger partial charge in [-0.2, -0.15) is 0 Å². The molecule has 0 saturated heterocycles. The van der Waals surface area contributed by atoms with E-state index in [-0.39, 0.29) is 0 Å². The van der Waals surface area contributed by atoms with E-state index in [0.717, 1.165) is 11.4 Å². The highest BCUT2D eigenvalue weighted by atomic mass is 32.2. The Morgan fingerprint density at radius 3 is 2.62 bits per heavy atom. The van der Waals surface area contributed by atoms with Gasteiger partial charge in [0.05, 0.1) is 36.4 Å². The van der Waals surface area contributed by atoms with Gasteiger partial charge in [0.15, 0.2) is 5.16 Å². The van der Waals surface area contributed by atoms with Crippen LogP contribution in [0.15, 0.2) is 53.7 Å². The minimum atomic E-state index is -0.412. The van der Waals surface area contributed by atoms with Crippen LogP contribution in [0.2, 0.25) is 0 Å². The number of thioether (sulfide) groups is 1. The summed E-state index contributed by atoms with van der Waals surface area (Å²) in [6.07, 6.45) is 4.77. The van der Waals surface area contributed by atoms with Crippen molar-refractivity contribution >= 4 is 17.7 Å². The molecule has 0 aromatic carbocycles. The third kappa shape index (κ3) is 5.66. The molecule has 0 bridgehead atoms. The molecule has 0 spiro atoms. The van der Waals surface area contributed by atoms with Crippen LogP contribution in [-0.4, -0.2) is 39.9 Å². The second kappa shape index (κ2) is 9.67. The first kappa shape index (κ1) is 17.9. The van der Waals surface area contributed by atoms with Crippen molar-refractivity contribution in [3.8, 4) is 11.4 Å². The molecule has 2 aromatic rings. The predicted molar refractivity (Wildman–Crippen MR) is 92.3 cm³/mol. The number of esters is 1. The van der Waals surface area contributed by atoms with Gasteiger partial charge in [0.1, 0.15) is 5.76 Å². The molecule has 0 fully saturated rings. The number of nitrogens with zero attached hydrogens (tertiary/aromatic N) is 3. The molecule has 0 saturated carbocycles. The van der Waals surface area contributed by atoms with Crippen LogP contribution >= 0.6 is 11.8 Å². The standard InChI is InChI=1S/C17H19N3O3S/c1-3-22-13(11-16(21)23-4-2)12-24-17-19-10-8-15(20-17)14-7-5-6-9-18-14/h5-11H,3-4,12H2,1-2H3/b13-11-. The van der Waals surface area contributed by atoms with Gasteiger partial charge in [0, 0.05) is 12.4 Å². The molecule has 0 unspecified atom stereocenters. The molecule has 7 heteroatoms. The highest BCUT2D eigenvalue weighted by molar-refractivity contribution is 7.99. The Kier molecular flexibility index (Phi) is 7.22. The number of hydrogen-bond acceptors (Lipinski definition) is 7. The maximum atomic E-state index is 11.6. The van der Waals surface area contributed by atoms with E-state index in [1.165, 1.54) is 17.8 Å². The Labute approximate surface area is 145 Å². The number of carbonyl (C=O) groups excluding carboxylic acids is 1. The van der Waals surface area contributed by atoms with E-state index >= 15 is 0 Å². The summed E-state index contributed by atoms with van der Waals surface area (Å²) in [5, 5.41) is 0.590. The molecule has 6 nitrogen and oxygen atoms in total. The number of aromatic nitrogens is 3. The van der Waals surface area contributed by atoms with E-state index in [0.29, 0.717) is 29.9 Å². The van der Waals surface area contributed by atoms with Crippen molar-refractivity contribution in [2.45, 2.75) is 19.0 Å². The minimum Gasteiger partial charge on any atom is -0.497 e. The molecule has 0 atom stereocenters. The first-order valence-electron chi connectivity index (χ1n) is 7.60. The molecule has 24 heavy (non-hydrogen) atoms. The fraction of sp³-hybridized carbons (Fsp3) is 0.294. The topological polar surface area (TPSA) is 74.2 Å². The molecule has 2 heterocycles. The molecule has 0 aliphatic carbocycles. The lowest BCUT2D eigenvalue weighted by atomic mass is 10.3. The Hall–Kier alpha value is -2.41. The van der Waals surface area contributed by atoms with Crippen LogP contribution in [0.25, 0.3) is 11.4 Å². The lowest BCUT2D eigenvalue weighted by Crippen LogP contribution is -2.05. The first-order chi connectivity index (χ1) is 11.7. The van der Waals surface area contributed by atoms with Gasteiger partial charge in [-0.05, 0) is 32.0 Å². The second-order valence-electron chi connectivity index (χ2n) is 4.52. The normalized spacial score (nSPS) is 11.2. The SMILES string of the molecule is CCOC(=O)/C=C(/CSc1nccc(-c2ccccn2)n1)OCC. The third-order valence-electron chi connectivity index (χ3n) is 2.80. The molecular weight excluding hydrogens is 326 g/mol. The summed E-state index contributed by atoms with van der Waals surface area (Å²) in [5.41, 5.74) is 1.54. The minimum absolute atomic E-state index is 0.330. The number of ether oxygens (including phenoxy) is 2. The molecule has 0 N–H and O–H groups in total. The molecule has 126 valence electrons. The third-order valence-corrected chi connectivity index (χ3v) is 3.68. The fourth-order valence-electron chi connectivity index (χ4n) is 1.83. The molecule has 0 radical (unpaired) electrons. The van der Waals surface area contributed by atoms with E-state index in [1.54, 1.807) is 19.3 Å². The van der Waals surface area contributed by atoms with E-state index < -0.39 is 5.97 Å². The number of hydrogen-bond donors (Lipinski definition) is 0. The van der Waals surface area contributed by atoms with E-state index in [4.69, 9.17) is 9.47 Å². The van der Waals surface area contributed by atoms with Crippen molar-refractivity contribution < 1.29 is 14.3 Å². The molecule has 2 rings (SSSR count). The zero-order valence-electron chi connectivity index (χ0n) is 13.6. The highest BCUT2D eigenvalue weighted by Gasteiger charge is 2.08. The fourth-order valence-corrected chi connectivity index (χ4v) is 2.57. The summed E-state index contributed by atoms with van der Waals surface area (Å²) in [7, 11) is 0. The Balaban J connectivity index is 2.06. The van der Waals surface area contributed by atoms with Crippen molar-refractivity contribution in [1.29, 1.82) is 0 Å².